The quantitative estimate of drug-likeness (QED) is 0.409. The van der Waals surface area contributed by atoms with Crippen molar-refractivity contribution in [3.8, 4) is 11.5 Å². The maximum atomic E-state index is 12.9. The van der Waals surface area contributed by atoms with Crippen LogP contribution in [0.2, 0.25) is 0 Å². The van der Waals surface area contributed by atoms with Gasteiger partial charge >= 0.3 is 0 Å². The zero-order chi connectivity index (χ0) is 25.5. The Hall–Kier alpha value is -3.39. The van der Waals surface area contributed by atoms with Crippen molar-refractivity contribution in [2.24, 2.45) is 0 Å². The predicted octanol–water partition coefficient (Wildman–Crippen LogP) is 5.33. The molecule has 3 aromatic rings. The minimum Gasteiger partial charge on any atom is -0.497 e. The smallest absolute Gasteiger partial charge is 0.271 e. The lowest BCUT2D eigenvalue weighted by atomic mass is 9.90. The Balaban J connectivity index is 1.33. The number of hydrogen-bond donors (Lipinski definition) is 2. The van der Waals surface area contributed by atoms with Gasteiger partial charge in [-0.1, -0.05) is 44.9 Å². The van der Waals surface area contributed by atoms with E-state index in [0.717, 1.165) is 36.4 Å². The standard InChI is InChI=1S/C28H33N3O4S/c1-18(2)19-11-13-21(14-12-19)35-16-26-29-25(17-36-26)28(33)31-24-10-5-4-9-23(24)30-27(32)20-7-6-8-22(15-20)34-3/h6-8,11-15,17-18,23-24H,4-5,9-10,16H2,1-3H3,(H,30,32)(H,31,33)/t23-,24+/m1/s1. The zero-order valence-electron chi connectivity index (χ0n) is 21.0. The molecule has 2 atom stereocenters. The Morgan fingerprint density at radius 1 is 1.00 bits per heavy atom. The molecule has 190 valence electrons. The number of nitrogens with zero attached hydrogens (tertiary/aromatic N) is 1. The van der Waals surface area contributed by atoms with Crippen molar-refractivity contribution >= 4 is 23.2 Å². The number of nitrogens with one attached hydrogen (secondary N) is 2. The van der Waals surface area contributed by atoms with Gasteiger partial charge in [-0.3, -0.25) is 9.59 Å². The number of amides is 2. The van der Waals surface area contributed by atoms with Crippen LogP contribution in [0.1, 0.15) is 76.9 Å². The summed E-state index contributed by atoms with van der Waals surface area (Å²) in [5.74, 6) is 1.48. The highest BCUT2D eigenvalue weighted by Crippen LogP contribution is 2.22. The molecule has 1 aliphatic carbocycles. The van der Waals surface area contributed by atoms with Gasteiger partial charge in [0.1, 0.15) is 28.8 Å². The summed E-state index contributed by atoms with van der Waals surface area (Å²) in [6, 6.07) is 14.8. The summed E-state index contributed by atoms with van der Waals surface area (Å²) in [5, 5.41) is 8.68. The second kappa shape index (κ2) is 12.0. The van der Waals surface area contributed by atoms with Gasteiger partial charge < -0.3 is 20.1 Å². The Morgan fingerprint density at radius 2 is 1.69 bits per heavy atom. The minimum absolute atomic E-state index is 0.142. The molecule has 1 fully saturated rings. The number of ether oxygens (including phenoxy) is 2. The van der Waals surface area contributed by atoms with Gasteiger partial charge in [0.25, 0.3) is 11.8 Å². The number of methoxy groups -OCH3 is 1. The van der Waals surface area contributed by atoms with Crippen LogP contribution in [-0.4, -0.2) is 36.0 Å². The van der Waals surface area contributed by atoms with Gasteiger partial charge in [0.15, 0.2) is 0 Å². The highest BCUT2D eigenvalue weighted by atomic mass is 32.1. The van der Waals surface area contributed by atoms with Crippen LogP contribution in [0.15, 0.2) is 53.9 Å². The van der Waals surface area contributed by atoms with E-state index in [1.54, 1.807) is 36.8 Å². The maximum Gasteiger partial charge on any atom is 0.271 e. The second-order valence-corrected chi connectivity index (χ2v) is 10.3. The fourth-order valence-corrected chi connectivity index (χ4v) is 5.00. The van der Waals surface area contributed by atoms with E-state index in [0.29, 0.717) is 29.5 Å². The molecule has 7 nitrogen and oxygen atoms in total. The Bertz CT molecular complexity index is 1180. The molecule has 8 heteroatoms. The van der Waals surface area contributed by atoms with Crippen molar-refractivity contribution in [3.63, 3.8) is 0 Å². The second-order valence-electron chi connectivity index (χ2n) is 9.32. The summed E-state index contributed by atoms with van der Waals surface area (Å²) >= 11 is 1.40. The van der Waals surface area contributed by atoms with Crippen LogP contribution in [0.5, 0.6) is 11.5 Å². The first-order chi connectivity index (χ1) is 17.4. The van der Waals surface area contributed by atoms with Crippen LogP contribution in [-0.2, 0) is 6.61 Å². The first-order valence-electron chi connectivity index (χ1n) is 12.4. The van der Waals surface area contributed by atoms with Crippen LogP contribution in [0, 0.1) is 0 Å². The molecule has 1 aromatic heterocycles. The van der Waals surface area contributed by atoms with E-state index in [1.165, 1.54) is 16.9 Å². The van der Waals surface area contributed by atoms with Crippen LogP contribution in [0.3, 0.4) is 0 Å². The van der Waals surface area contributed by atoms with Crippen molar-refractivity contribution in [3.05, 3.63) is 75.7 Å². The summed E-state index contributed by atoms with van der Waals surface area (Å²) in [5.41, 5.74) is 2.17. The van der Waals surface area contributed by atoms with E-state index in [1.807, 2.05) is 12.1 Å². The summed E-state index contributed by atoms with van der Waals surface area (Å²) in [4.78, 5) is 30.2. The predicted molar refractivity (Wildman–Crippen MR) is 141 cm³/mol. The average molecular weight is 508 g/mol. The van der Waals surface area contributed by atoms with Crippen molar-refractivity contribution in [2.75, 3.05) is 7.11 Å². The summed E-state index contributed by atoms with van der Waals surface area (Å²) in [6.45, 7) is 4.62. The SMILES string of the molecule is COc1cccc(C(=O)N[C@@H]2CCCC[C@@H]2NC(=O)c2csc(COc3ccc(C(C)C)cc3)n2)c1. The highest BCUT2D eigenvalue weighted by molar-refractivity contribution is 7.09. The van der Waals surface area contributed by atoms with Crippen LogP contribution in [0.25, 0.3) is 0 Å². The van der Waals surface area contributed by atoms with Crippen molar-refractivity contribution in [1.82, 2.24) is 15.6 Å². The highest BCUT2D eigenvalue weighted by Gasteiger charge is 2.29. The lowest BCUT2D eigenvalue weighted by Gasteiger charge is -2.32. The molecule has 1 aliphatic rings. The molecule has 36 heavy (non-hydrogen) atoms. The molecule has 2 amide bonds. The van der Waals surface area contributed by atoms with Gasteiger partial charge in [0, 0.05) is 23.0 Å². The molecule has 1 heterocycles. The summed E-state index contributed by atoms with van der Waals surface area (Å²) < 4.78 is 11.1. The third kappa shape index (κ3) is 6.63. The van der Waals surface area contributed by atoms with Gasteiger partial charge in [-0.2, -0.15) is 0 Å². The van der Waals surface area contributed by atoms with Crippen molar-refractivity contribution in [1.29, 1.82) is 0 Å². The average Bonchev–Trinajstić information content (AvgIpc) is 3.38. The van der Waals surface area contributed by atoms with Crippen LogP contribution in [0.4, 0.5) is 0 Å². The molecule has 0 radical (unpaired) electrons. The molecule has 0 saturated heterocycles. The normalized spacial score (nSPS) is 17.4. The molecule has 0 spiro atoms. The topological polar surface area (TPSA) is 89.6 Å². The Kier molecular flexibility index (Phi) is 8.59. The van der Waals surface area contributed by atoms with Gasteiger partial charge in [0.05, 0.1) is 7.11 Å². The molecule has 0 bridgehead atoms. The van der Waals surface area contributed by atoms with Gasteiger partial charge in [0.2, 0.25) is 0 Å². The molecule has 2 N–H and O–H groups in total. The van der Waals surface area contributed by atoms with Crippen molar-refractivity contribution in [2.45, 2.75) is 64.1 Å². The molecule has 0 unspecified atom stereocenters. The van der Waals surface area contributed by atoms with Crippen molar-refractivity contribution < 1.29 is 19.1 Å². The van der Waals surface area contributed by atoms with E-state index in [2.05, 4.69) is 41.6 Å². The third-order valence-electron chi connectivity index (χ3n) is 6.42. The number of aromatic nitrogens is 1. The molecule has 1 saturated carbocycles. The van der Waals surface area contributed by atoms with Crippen LogP contribution < -0.4 is 20.1 Å². The number of hydrogen-bond acceptors (Lipinski definition) is 6. The molecular weight excluding hydrogens is 474 g/mol. The fourth-order valence-electron chi connectivity index (χ4n) is 4.31. The number of thiazole rings is 1. The first kappa shape index (κ1) is 25.7. The van der Waals surface area contributed by atoms with E-state index in [4.69, 9.17) is 9.47 Å². The third-order valence-corrected chi connectivity index (χ3v) is 7.25. The largest absolute Gasteiger partial charge is 0.497 e. The maximum absolute atomic E-state index is 12.9. The molecule has 4 rings (SSSR count). The van der Waals surface area contributed by atoms with E-state index < -0.39 is 0 Å². The van der Waals surface area contributed by atoms with Gasteiger partial charge in [-0.25, -0.2) is 4.98 Å². The van der Waals surface area contributed by atoms with Gasteiger partial charge in [-0.05, 0) is 54.7 Å². The number of carbonyl (C=O) groups is 2. The van der Waals surface area contributed by atoms with E-state index >= 15 is 0 Å². The lowest BCUT2D eigenvalue weighted by molar-refractivity contribution is 0.0860. The summed E-state index contributed by atoms with van der Waals surface area (Å²) in [6.07, 6.45) is 3.63. The fraction of sp³-hybridized carbons (Fsp3) is 0.393. The zero-order valence-corrected chi connectivity index (χ0v) is 21.8. The van der Waals surface area contributed by atoms with E-state index in [9.17, 15) is 9.59 Å². The first-order valence-corrected chi connectivity index (χ1v) is 13.2. The number of rotatable bonds is 9. The lowest BCUT2D eigenvalue weighted by Crippen LogP contribution is -2.53. The summed E-state index contributed by atoms with van der Waals surface area (Å²) in [7, 11) is 1.57. The Labute approximate surface area is 216 Å². The monoisotopic (exact) mass is 507 g/mol. The van der Waals surface area contributed by atoms with E-state index in [-0.39, 0.29) is 23.9 Å². The molecule has 0 aliphatic heterocycles. The number of benzene rings is 2. The minimum atomic E-state index is -0.230. The Morgan fingerprint density at radius 3 is 2.36 bits per heavy atom. The molecule has 2 aromatic carbocycles. The van der Waals surface area contributed by atoms with Crippen LogP contribution >= 0.6 is 11.3 Å². The number of carbonyl (C=O) groups excluding carboxylic acids is 2. The molecular formula is C28H33N3O4S. The van der Waals surface area contributed by atoms with Gasteiger partial charge in [-0.15, -0.1) is 11.3 Å².